The molecule has 0 unspecified atom stereocenters. The maximum absolute atomic E-state index is 13.0. The van der Waals surface area contributed by atoms with Crippen LogP contribution in [0.2, 0.25) is 0 Å². The number of piperidine rings is 1. The van der Waals surface area contributed by atoms with Gasteiger partial charge in [-0.2, -0.15) is 0 Å². The van der Waals surface area contributed by atoms with E-state index in [4.69, 9.17) is 14.2 Å². The summed E-state index contributed by atoms with van der Waals surface area (Å²) >= 11 is 0. The van der Waals surface area contributed by atoms with Crippen molar-refractivity contribution in [2.75, 3.05) is 68.9 Å². The summed E-state index contributed by atoms with van der Waals surface area (Å²) in [4.78, 5) is 17.2. The zero-order chi connectivity index (χ0) is 26.4. The van der Waals surface area contributed by atoms with Gasteiger partial charge in [-0.1, -0.05) is 6.07 Å². The minimum absolute atomic E-state index is 0.0282. The molecule has 1 saturated heterocycles. The van der Waals surface area contributed by atoms with E-state index in [-0.39, 0.29) is 11.8 Å². The molecule has 196 valence electrons. The number of anilines is 5. The fourth-order valence-electron chi connectivity index (χ4n) is 4.34. The first-order valence-corrected chi connectivity index (χ1v) is 12.2. The molecular formula is C27H34N6O4. The van der Waals surface area contributed by atoms with E-state index in [1.807, 2.05) is 38.4 Å². The van der Waals surface area contributed by atoms with E-state index in [1.54, 1.807) is 33.5 Å². The van der Waals surface area contributed by atoms with Gasteiger partial charge in [0.15, 0.2) is 23.1 Å². The van der Waals surface area contributed by atoms with Gasteiger partial charge in [0.2, 0.25) is 11.7 Å². The van der Waals surface area contributed by atoms with Crippen LogP contribution in [0.5, 0.6) is 17.2 Å². The average molecular weight is 507 g/mol. The lowest BCUT2D eigenvalue weighted by Crippen LogP contribution is -2.38. The molecule has 0 bridgehead atoms. The van der Waals surface area contributed by atoms with Crippen LogP contribution in [0.3, 0.4) is 0 Å². The van der Waals surface area contributed by atoms with E-state index in [2.05, 4.69) is 42.8 Å². The standard InChI is InChI=1S/C27H34N6O4/c1-32(2)21-8-6-7-19(15-21)28-24-9-10-25(31-30-24)33-13-11-18(12-14-33)27(34)29-20-16-22(35-3)26(37-5)23(17-20)36-4/h6-10,15-18H,11-14H2,1-5H3,(H,28,30)(H,29,34). The highest BCUT2D eigenvalue weighted by molar-refractivity contribution is 5.93. The number of hydrogen-bond donors (Lipinski definition) is 2. The van der Waals surface area contributed by atoms with Crippen LogP contribution in [0.1, 0.15) is 12.8 Å². The predicted molar refractivity (Wildman–Crippen MR) is 146 cm³/mol. The third kappa shape index (κ3) is 6.14. The highest BCUT2D eigenvalue weighted by atomic mass is 16.5. The largest absolute Gasteiger partial charge is 0.493 e. The third-order valence-electron chi connectivity index (χ3n) is 6.41. The van der Waals surface area contributed by atoms with Gasteiger partial charge in [-0.05, 0) is 43.2 Å². The number of hydrogen-bond acceptors (Lipinski definition) is 9. The molecule has 1 aromatic heterocycles. The quantitative estimate of drug-likeness (QED) is 0.443. The van der Waals surface area contributed by atoms with Crippen LogP contribution in [0.4, 0.5) is 28.7 Å². The lowest BCUT2D eigenvalue weighted by atomic mass is 9.95. The Morgan fingerprint density at radius 3 is 2.19 bits per heavy atom. The molecule has 1 aliphatic heterocycles. The Kier molecular flexibility index (Phi) is 8.17. The summed E-state index contributed by atoms with van der Waals surface area (Å²) in [6.07, 6.45) is 1.44. The Balaban J connectivity index is 1.33. The molecule has 2 N–H and O–H groups in total. The number of nitrogens with one attached hydrogen (secondary N) is 2. The van der Waals surface area contributed by atoms with Gasteiger partial charge >= 0.3 is 0 Å². The van der Waals surface area contributed by atoms with Crippen molar-refractivity contribution >= 4 is 34.6 Å². The first-order chi connectivity index (χ1) is 17.9. The van der Waals surface area contributed by atoms with E-state index in [0.717, 1.165) is 43.1 Å². The molecule has 37 heavy (non-hydrogen) atoms. The van der Waals surface area contributed by atoms with E-state index in [9.17, 15) is 4.79 Å². The lowest BCUT2D eigenvalue weighted by Gasteiger charge is -2.31. The van der Waals surface area contributed by atoms with Crippen molar-refractivity contribution in [3.05, 3.63) is 48.5 Å². The molecule has 0 saturated carbocycles. The van der Waals surface area contributed by atoms with E-state index in [0.29, 0.717) is 28.8 Å². The number of amides is 1. The Morgan fingerprint density at radius 2 is 1.62 bits per heavy atom. The summed E-state index contributed by atoms with van der Waals surface area (Å²) in [6.45, 7) is 1.44. The molecule has 0 aliphatic carbocycles. The van der Waals surface area contributed by atoms with Crippen LogP contribution in [0.15, 0.2) is 48.5 Å². The van der Waals surface area contributed by atoms with E-state index < -0.39 is 0 Å². The molecule has 0 spiro atoms. The maximum atomic E-state index is 13.0. The number of ether oxygens (including phenoxy) is 3. The van der Waals surface area contributed by atoms with Crippen molar-refractivity contribution in [3.63, 3.8) is 0 Å². The average Bonchev–Trinajstić information content (AvgIpc) is 2.93. The molecule has 3 aromatic rings. The lowest BCUT2D eigenvalue weighted by molar-refractivity contribution is -0.120. The molecule has 1 amide bonds. The normalized spacial score (nSPS) is 13.6. The number of carbonyl (C=O) groups excluding carboxylic acids is 1. The van der Waals surface area contributed by atoms with Crippen molar-refractivity contribution in [2.24, 2.45) is 5.92 Å². The number of nitrogens with zero attached hydrogens (tertiary/aromatic N) is 4. The van der Waals surface area contributed by atoms with Crippen LogP contribution in [0.25, 0.3) is 0 Å². The van der Waals surface area contributed by atoms with Crippen molar-refractivity contribution in [3.8, 4) is 17.2 Å². The summed E-state index contributed by atoms with van der Waals surface area (Å²) in [5.74, 6) is 2.83. The molecule has 4 rings (SSSR count). The van der Waals surface area contributed by atoms with Crippen molar-refractivity contribution in [1.29, 1.82) is 0 Å². The highest BCUT2D eigenvalue weighted by Crippen LogP contribution is 2.40. The van der Waals surface area contributed by atoms with Crippen molar-refractivity contribution in [2.45, 2.75) is 12.8 Å². The van der Waals surface area contributed by atoms with Gasteiger partial charge in [0.05, 0.1) is 21.3 Å². The number of aromatic nitrogens is 2. The molecular weight excluding hydrogens is 472 g/mol. The zero-order valence-electron chi connectivity index (χ0n) is 21.9. The van der Waals surface area contributed by atoms with Crippen LogP contribution in [-0.2, 0) is 4.79 Å². The third-order valence-corrected chi connectivity index (χ3v) is 6.41. The van der Waals surface area contributed by atoms with Gasteiger partial charge in [0.1, 0.15) is 0 Å². The Hall–Kier alpha value is -4.21. The number of methoxy groups -OCH3 is 3. The van der Waals surface area contributed by atoms with Crippen molar-refractivity contribution < 1.29 is 19.0 Å². The second-order valence-corrected chi connectivity index (χ2v) is 9.01. The summed E-state index contributed by atoms with van der Waals surface area (Å²) in [5, 5.41) is 15.1. The van der Waals surface area contributed by atoms with E-state index >= 15 is 0 Å². The summed E-state index contributed by atoms with van der Waals surface area (Å²) in [5.41, 5.74) is 2.66. The fraction of sp³-hybridized carbons (Fsp3) is 0.370. The van der Waals surface area contributed by atoms with Crippen LogP contribution in [-0.4, -0.2) is 64.6 Å². The molecule has 1 aliphatic rings. The summed E-state index contributed by atoms with van der Waals surface area (Å²) in [7, 11) is 8.66. The molecule has 2 aromatic carbocycles. The Labute approximate surface area is 217 Å². The number of rotatable bonds is 9. The van der Waals surface area contributed by atoms with Gasteiger partial charge < -0.3 is 34.6 Å². The van der Waals surface area contributed by atoms with Gasteiger partial charge in [-0.25, -0.2) is 0 Å². The number of carbonyl (C=O) groups is 1. The van der Waals surface area contributed by atoms with Crippen molar-refractivity contribution in [1.82, 2.24) is 10.2 Å². The molecule has 2 heterocycles. The smallest absolute Gasteiger partial charge is 0.227 e. The fourth-order valence-corrected chi connectivity index (χ4v) is 4.34. The number of benzene rings is 2. The SMILES string of the molecule is COc1cc(NC(=O)C2CCN(c3ccc(Nc4cccc(N(C)C)c4)nn3)CC2)cc(OC)c1OC. The first-order valence-electron chi connectivity index (χ1n) is 12.2. The summed E-state index contributed by atoms with van der Waals surface area (Å²) < 4.78 is 16.1. The minimum Gasteiger partial charge on any atom is -0.493 e. The van der Waals surface area contributed by atoms with Crippen LogP contribution in [0, 0.1) is 5.92 Å². The first kappa shape index (κ1) is 25.9. The highest BCUT2D eigenvalue weighted by Gasteiger charge is 2.26. The van der Waals surface area contributed by atoms with Gasteiger partial charge in [0.25, 0.3) is 0 Å². The molecule has 10 nitrogen and oxygen atoms in total. The Bertz CT molecular complexity index is 1180. The minimum atomic E-state index is -0.104. The van der Waals surface area contributed by atoms with Gasteiger partial charge in [-0.3, -0.25) is 4.79 Å². The molecule has 0 radical (unpaired) electrons. The molecule has 1 fully saturated rings. The Morgan fingerprint density at radius 1 is 0.919 bits per heavy atom. The van der Waals surface area contributed by atoms with Crippen LogP contribution >= 0.6 is 0 Å². The molecule has 10 heteroatoms. The second-order valence-electron chi connectivity index (χ2n) is 9.01. The second kappa shape index (κ2) is 11.7. The monoisotopic (exact) mass is 506 g/mol. The topological polar surface area (TPSA) is 101 Å². The van der Waals surface area contributed by atoms with Gasteiger partial charge in [-0.15, -0.1) is 10.2 Å². The zero-order valence-corrected chi connectivity index (χ0v) is 21.9. The maximum Gasteiger partial charge on any atom is 0.227 e. The van der Waals surface area contributed by atoms with Gasteiger partial charge in [0, 0.05) is 62.3 Å². The van der Waals surface area contributed by atoms with Crippen LogP contribution < -0.4 is 34.6 Å². The van der Waals surface area contributed by atoms with E-state index in [1.165, 1.54) is 0 Å². The predicted octanol–water partition coefficient (Wildman–Crippen LogP) is 4.17. The summed E-state index contributed by atoms with van der Waals surface area (Å²) in [6, 6.07) is 15.5. The molecule has 0 atom stereocenters.